The van der Waals surface area contributed by atoms with Crippen molar-refractivity contribution in [3.05, 3.63) is 65.6 Å². The number of carbonyl (C=O) groups is 1. The average molecular weight is 493 g/mol. The molecule has 1 aromatic carbocycles. The second-order valence-electron chi connectivity index (χ2n) is 8.94. The molecule has 8 nitrogen and oxygen atoms in total. The van der Waals surface area contributed by atoms with Crippen LogP contribution >= 0.6 is 0 Å². The third kappa shape index (κ3) is 4.49. The van der Waals surface area contributed by atoms with Crippen LogP contribution < -0.4 is 10.6 Å². The zero-order valence-electron chi connectivity index (χ0n) is 19.3. The van der Waals surface area contributed by atoms with E-state index in [1.165, 1.54) is 6.20 Å². The van der Waals surface area contributed by atoms with Gasteiger partial charge in [-0.3, -0.25) is 4.79 Å². The fraction of sp³-hybridized carbons (Fsp3) is 0.280. The highest BCUT2D eigenvalue weighted by molar-refractivity contribution is 5.96. The monoisotopic (exact) mass is 493 g/mol. The van der Waals surface area contributed by atoms with Crippen molar-refractivity contribution in [2.75, 3.05) is 5.32 Å². The van der Waals surface area contributed by atoms with Gasteiger partial charge in [0.2, 0.25) is 0 Å². The predicted octanol–water partition coefficient (Wildman–Crippen LogP) is 4.41. The van der Waals surface area contributed by atoms with Gasteiger partial charge in [0.1, 0.15) is 23.4 Å². The highest BCUT2D eigenvalue weighted by Crippen LogP contribution is 2.34. The van der Waals surface area contributed by atoms with Crippen molar-refractivity contribution >= 4 is 22.6 Å². The molecule has 36 heavy (non-hydrogen) atoms. The van der Waals surface area contributed by atoms with E-state index in [1.54, 1.807) is 24.1 Å². The molecule has 2 atom stereocenters. The Morgan fingerprint density at radius 2 is 2.00 bits per heavy atom. The fourth-order valence-electron chi connectivity index (χ4n) is 4.67. The Labute approximate surface area is 204 Å². The zero-order chi connectivity index (χ0) is 25.4. The number of nitrogens with zero attached hydrogens (tertiary/aromatic N) is 4. The Hall–Kier alpha value is -4.33. The van der Waals surface area contributed by atoms with Crippen LogP contribution in [0.15, 0.2) is 36.9 Å². The molecule has 4 aromatic rings. The largest absolute Gasteiger partial charge is 0.365 e. The van der Waals surface area contributed by atoms with Gasteiger partial charge in [-0.15, -0.1) is 0 Å². The third-order valence-electron chi connectivity index (χ3n) is 6.35. The summed E-state index contributed by atoms with van der Waals surface area (Å²) in [7, 11) is 1.78. The lowest BCUT2D eigenvalue weighted by molar-refractivity contribution is 0.0921. The Balaban J connectivity index is 1.39. The molecule has 1 aliphatic rings. The van der Waals surface area contributed by atoms with Crippen LogP contribution in [0, 0.1) is 28.8 Å². The molecule has 1 fully saturated rings. The van der Waals surface area contributed by atoms with E-state index in [1.807, 2.05) is 6.07 Å². The number of nitriles is 1. The molecule has 0 radical (unpaired) electrons. The lowest BCUT2D eigenvalue weighted by Crippen LogP contribution is -2.42. The van der Waals surface area contributed by atoms with Gasteiger partial charge in [-0.1, -0.05) is 0 Å². The minimum Gasteiger partial charge on any atom is -0.365 e. The zero-order valence-corrected chi connectivity index (χ0v) is 19.3. The molecule has 1 amide bonds. The van der Waals surface area contributed by atoms with Gasteiger partial charge in [0.05, 0.1) is 23.1 Å². The Kier molecular flexibility index (Phi) is 6.10. The van der Waals surface area contributed by atoms with Crippen LogP contribution in [0.2, 0.25) is 0 Å². The third-order valence-corrected chi connectivity index (χ3v) is 6.35. The summed E-state index contributed by atoms with van der Waals surface area (Å²) in [5.74, 6) is -2.62. The smallest absolute Gasteiger partial charge is 0.271 e. The Bertz CT molecular complexity index is 1500. The van der Waals surface area contributed by atoms with Crippen molar-refractivity contribution in [2.24, 2.45) is 7.05 Å². The molecule has 0 spiro atoms. The van der Waals surface area contributed by atoms with Crippen LogP contribution in [-0.2, 0) is 7.05 Å². The van der Waals surface area contributed by atoms with E-state index in [4.69, 9.17) is 0 Å². The molecule has 0 saturated heterocycles. The topological polar surface area (TPSA) is 111 Å². The van der Waals surface area contributed by atoms with E-state index in [2.05, 4.69) is 25.6 Å². The molecule has 184 valence electrons. The SMILES string of the molecule is Cn1cnc(C(=O)N[C@@H]2CCC[C@H](Nc3nc(-c4c[nH]c5c(F)cc(F)cc45)c(C#N)cc3F)C2)c1. The number of aromatic amines is 1. The van der Waals surface area contributed by atoms with Gasteiger partial charge < -0.3 is 20.2 Å². The second-order valence-corrected chi connectivity index (χ2v) is 8.94. The Morgan fingerprint density at radius 1 is 1.19 bits per heavy atom. The summed E-state index contributed by atoms with van der Waals surface area (Å²) in [6.45, 7) is 0. The van der Waals surface area contributed by atoms with Crippen LogP contribution in [0.5, 0.6) is 0 Å². The molecule has 0 bridgehead atoms. The second kappa shape index (κ2) is 9.37. The lowest BCUT2D eigenvalue weighted by atomic mass is 9.90. The summed E-state index contributed by atoms with van der Waals surface area (Å²) in [6.07, 6.45) is 7.45. The van der Waals surface area contributed by atoms with Crippen LogP contribution in [0.25, 0.3) is 22.2 Å². The van der Waals surface area contributed by atoms with Crippen LogP contribution in [-0.4, -0.2) is 37.5 Å². The number of H-pyrrole nitrogens is 1. The molecule has 3 heterocycles. The van der Waals surface area contributed by atoms with Gasteiger partial charge in [-0.05, 0) is 37.8 Å². The number of aromatic nitrogens is 4. The van der Waals surface area contributed by atoms with Crippen LogP contribution in [0.3, 0.4) is 0 Å². The van der Waals surface area contributed by atoms with E-state index < -0.39 is 17.5 Å². The lowest BCUT2D eigenvalue weighted by Gasteiger charge is -2.30. The number of aryl methyl sites for hydroxylation is 1. The van der Waals surface area contributed by atoms with Crippen LogP contribution in [0.4, 0.5) is 19.0 Å². The van der Waals surface area contributed by atoms with E-state index in [9.17, 15) is 23.2 Å². The molecule has 0 unspecified atom stereocenters. The van der Waals surface area contributed by atoms with E-state index >= 15 is 0 Å². The molecular weight excluding hydrogens is 471 g/mol. The molecule has 3 aromatic heterocycles. The maximum atomic E-state index is 14.9. The number of hydrogen-bond donors (Lipinski definition) is 3. The summed E-state index contributed by atoms with van der Waals surface area (Å²) in [5, 5.41) is 15.8. The number of benzene rings is 1. The molecule has 0 aliphatic heterocycles. The number of carbonyl (C=O) groups excluding carboxylic acids is 1. The van der Waals surface area contributed by atoms with Crippen molar-refractivity contribution in [1.82, 2.24) is 24.8 Å². The molecule has 5 rings (SSSR count). The number of halogens is 3. The van der Waals surface area contributed by atoms with Crippen molar-refractivity contribution in [1.29, 1.82) is 5.26 Å². The molecule has 11 heteroatoms. The summed E-state index contributed by atoms with van der Waals surface area (Å²) in [4.78, 5) is 23.6. The predicted molar refractivity (Wildman–Crippen MR) is 126 cm³/mol. The first-order valence-electron chi connectivity index (χ1n) is 11.4. The van der Waals surface area contributed by atoms with Crippen molar-refractivity contribution in [2.45, 2.75) is 37.8 Å². The highest BCUT2D eigenvalue weighted by Gasteiger charge is 2.26. The van der Waals surface area contributed by atoms with Gasteiger partial charge >= 0.3 is 0 Å². The molecular formula is C25H22F3N7O. The average Bonchev–Trinajstić information content (AvgIpc) is 3.47. The summed E-state index contributed by atoms with van der Waals surface area (Å²) in [5.41, 5.74) is 0.715. The minimum atomic E-state index is -0.781. The minimum absolute atomic E-state index is 0.0623. The Morgan fingerprint density at radius 3 is 2.75 bits per heavy atom. The van der Waals surface area contributed by atoms with Crippen molar-refractivity contribution in [3.8, 4) is 17.3 Å². The first-order valence-corrected chi connectivity index (χ1v) is 11.4. The number of pyridine rings is 1. The van der Waals surface area contributed by atoms with Gasteiger partial charge in [0, 0.05) is 48.5 Å². The number of rotatable bonds is 5. The summed E-state index contributed by atoms with van der Waals surface area (Å²) >= 11 is 0. The van der Waals surface area contributed by atoms with Gasteiger partial charge in [0.15, 0.2) is 11.6 Å². The van der Waals surface area contributed by atoms with Crippen molar-refractivity contribution < 1.29 is 18.0 Å². The van der Waals surface area contributed by atoms with Gasteiger partial charge in [-0.25, -0.2) is 23.1 Å². The molecule has 1 saturated carbocycles. The first-order chi connectivity index (χ1) is 17.3. The van der Waals surface area contributed by atoms with E-state index in [-0.39, 0.29) is 51.5 Å². The number of nitrogens with one attached hydrogen (secondary N) is 3. The molecule has 3 N–H and O–H groups in total. The molecule has 1 aliphatic carbocycles. The van der Waals surface area contributed by atoms with Gasteiger partial charge in [0.25, 0.3) is 5.91 Å². The first kappa shape index (κ1) is 23.4. The number of hydrogen-bond acceptors (Lipinski definition) is 5. The highest BCUT2D eigenvalue weighted by atomic mass is 19.1. The maximum Gasteiger partial charge on any atom is 0.271 e. The summed E-state index contributed by atoms with van der Waals surface area (Å²) in [6, 6.07) is 4.54. The van der Waals surface area contributed by atoms with Crippen LogP contribution in [0.1, 0.15) is 41.7 Å². The number of fused-ring (bicyclic) bond motifs is 1. The number of amides is 1. The van der Waals surface area contributed by atoms with Crippen molar-refractivity contribution in [3.63, 3.8) is 0 Å². The quantitative estimate of drug-likeness (QED) is 0.382. The van der Waals surface area contributed by atoms with E-state index in [0.717, 1.165) is 37.5 Å². The number of anilines is 1. The maximum absolute atomic E-state index is 14.9. The van der Waals surface area contributed by atoms with E-state index in [0.29, 0.717) is 12.1 Å². The fourth-order valence-corrected chi connectivity index (χ4v) is 4.67. The standard InChI is InChI=1S/C25H22F3N7O/c1-35-11-21(31-12-35)25(36)33-16-4-2-3-15(8-16)32-24-20(28)5-13(9-29)22(34-24)18-10-30-23-17(18)6-14(26)7-19(23)27/h5-7,10-12,15-16,30H,2-4,8H2,1H3,(H,32,34)(H,33,36)/t15-,16+/m0/s1. The van der Waals surface area contributed by atoms with Gasteiger partial charge in [-0.2, -0.15) is 5.26 Å². The normalized spacial score (nSPS) is 17.6. The number of imidazole rings is 1. The summed E-state index contributed by atoms with van der Waals surface area (Å²) < 4.78 is 44.7.